The molecule has 1 N–H and O–H groups in total. The lowest BCUT2D eigenvalue weighted by molar-refractivity contribution is -0.113. The number of carbonyl (C=O) groups is 1. The molecule has 2 rings (SSSR count). The first kappa shape index (κ1) is 10.1. The third-order valence-corrected chi connectivity index (χ3v) is 3.41. The molecule has 0 radical (unpaired) electrons. The van der Waals surface area contributed by atoms with E-state index < -0.39 is 0 Å². The summed E-state index contributed by atoms with van der Waals surface area (Å²) in [6.07, 6.45) is 7.62. The molecule has 0 spiro atoms. The normalized spacial score (nSPS) is 35.4. The molecule has 0 bridgehead atoms. The Hall–Kier alpha value is -0.410. The summed E-state index contributed by atoms with van der Waals surface area (Å²) in [7, 11) is 0. The fourth-order valence-electron chi connectivity index (χ4n) is 2.58. The van der Waals surface area contributed by atoms with Gasteiger partial charge < -0.3 is 14.8 Å². The Bertz CT molecular complexity index is 190. The Balaban J connectivity index is 1.86. The Kier molecular flexibility index (Phi) is 3.54. The van der Waals surface area contributed by atoms with Crippen LogP contribution in [-0.2, 0) is 9.53 Å². The van der Waals surface area contributed by atoms with Crippen LogP contribution in [0.4, 0.5) is 0 Å². The highest BCUT2D eigenvalue weighted by atomic mass is 16.5. The van der Waals surface area contributed by atoms with E-state index in [4.69, 9.17) is 4.74 Å². The molecule has 3 heteroatoms. The molecule has 1 heterocycles. The first-order chi connectivity index (χ1) is 6.90. The number of nitrogens with one attached hydrogen (secondary N) is 1. The second-order valence-electron chi connectivity index (χ2n) is 4.45. The second kappa shape index (κ2) is 4.89. The molecular weight excluding hydrogens is 178 g/mol. The van der Waals surface area contributed by atoms with Crippen LogP contribution in [0.5, 0.6) is 0 Å². The van der Waals surface area contributed by atoms with E-state index in [0.29, 0.717) is 12.6 Å². The second-order valence-corrected chi connectivity index (χ2v) is 4.45. The Labute approximate surface area is 85.2 Å². The van der Waals surface area contributed by atoms with Gasteiger partial charge >= 0.3 is 0 Å². The van der Waals surface area contributed by atoms with E-state index in [-0.39, 0.29) is 6.04 Å². The van der Waals surface area contributed by atoms with Crippen molar-refractivity contribution in [3.63, 3.8) is 0 Å². The van der Waals surface area contributed by atoms with Crippen LogP contribution in [0.3, 0.4) is 0 Å². The molecule has 1 aliphatic carbocycles. The molecule has 2 aliphatic rings. The maximum Gasteiger partial charge on any atom is 0.139 e. The summed E-state index contributed by atoms with van der Waals surface area (Å²) in [5.41, 5.74) is 0. The average molecular weight is 197 g/mol. The minimum atomic E-state index is -0.0734. The van der Waals surface area contributed by atoms with E-state index in [9.17, 15) is 4.79 Å². The molecule has 0 aromatic heterocycles. The topological polar surface area (TPSA) is 38.3 Å². The van der Waals surface area contributed by atoms with Crippen molar-refractivity contribution >= 4 is 6.29 Å². The number of morpholine rings is 1. The van der Waals surface area contributed by atoms with E-state index >= 15 is 0 Å². The summed E-state index contributed by atoms with van der Waals surface area (Å²) < 4.78 is 5.45. The van der Waals surface area contributed by atoms with Crippen molar-refractivity contribution in [3.8, 4) is 0 Å². The third-order valence-electron chi connectivity index (χ3n) is 3.41. The highest BCUT2D eigenvalue weighted by Crippen LogP contribution is 2.27. The largest absolute Gasteiger partial charge is 0.378 e. The van der Waals surface area contributed by atoms with E-state index in [2.05, 4.69) is 5.32 Å². The summed E-state index contributed by atoms with van der Waals surface area (Å²) in [5.74, 6) is 0.728. The van der Waals surface area contributed by atoms with Crippen LogP contribution in [0.1, 0.15) is 32.1 Å². The number of ether oxygens (including phenoxy) is 1. The quantitative estimate of drug-likeness (QED) is 0.674. The average Bonchev–Trinajstić information content (AvgIpc) is 2.30. The minimum Gasteiger partial charge on any atom is -0.378 e. The fraction of sp³-hybridized carbons (Fsp3) is 0.909. The van der Waals surface area contributed by atoms with Crippen molar-refractivity contribution in [1.29, 1.82) is 0 Å². The van der Waals surface area contributed by atoms with E-state index in [1.807, 2.05) is 0 Å². The lowest BCUT2D eigenvalue weighted by atomic mass is 9.83. The molecule has 1 unspecified atom stereocenters. The van der Waals surface area contributed by atoms with Gasteiger partial charge in [0.05, 0.1) is 19.3 Å². The zero-order valence-corrected chi connectivity index (χ0v) is 8.58. The van der Waals surface area contributed by atoms with Gasteiger partial charge in [0, 0.05) is 6.04 Å². The molecule has 80 valence electrons. The maximum atomic E-state index is 10.6. The van der Waals surface area contributed by atoms with E-state index in [1.165, 1.54) is 32.1 Å². The number of aldehydes is 1. The van der Waals surface area contributed by atoms with Gasteiger partial charge in [0.2, 0.25) is 0 Å². The van der Waals surface area contributed by atoms with Crippen LogP contribution in [-0.4, -0.2) is 31.6 Å². The van der Waals surface area contributed by atoms with Crippen molar-refractivity contribution in [2.45, 2.75) is 44.2 Å². The van der Waals surface area contributed by atoms with Gasteiger partial charge in [-0.25, -0.2) is 0 Å². The standard InChI is InChI=1S/C11H19NO2/c13-6-10-7-14-8-11(12-10)9-4-2-1-3-5-9/h6,9-12H,1-5,7-8H2/t10?,11-/m0/s1. The van der Waals surface area contributed by atoms with Crippen molar-refractivity contribution < 1.29 is 9.53 Å². The molecular formula is C11H19NO2. The van der Waals surface area contributed by atoms with Gasteiger partial charge in [-0.3, -0.25) is 0 Å². The Morgan fingerprint density at radius 3 is 2.64 bits per heavy atom. The molecule has 2 atom stereocenters. The van der Waals surface area contributed by atoms with Gasteiger partial charge in [0.15, 0.2) is 0 Å². The van der Waals surface area contributed by atoms with Gasteiger partial charge in [-0.2, -0.15) is 0 Å². The minimum absolute atomic E-state index is 0.0734. The molecule has 1 saturated carbocycles. The molecule has 0 amide bonds. The van der Waals surface area contributed by atoms with Gasteiger partial charge in [0.25, 0.3) is 0 Å². The number of carbonyl (C=O) groups excluding carboxylic acids is 1. The van der Waals surface area contributed by atoms with Gasteiger partial charge in [-0.1, -0.05) is 19.3 Å². The Morgan fingerprint density at radius 2 is 1.93 bits per heavy atom. The van der Waals surface area contributed by atoms with Crippen LogP contribution < -0.4 is 5.32 Å². The summed E-state index contributed by atoms with van der Waals surface area (Å²) in [6, 6.07) is 0.343. The summed E-state index contributed by atoms with van der Waals surface area (Å²) >= 11 is 0. The molecule has 0 aromatic carbocycles. The van der Waals surface area contributed by atoms with Crippen LogP contribution in [0.25, 0.3) is 0 Å². The van der Waals surface area contributed by atoms with Crippen LogP contribution in [0.2, 0.25) is 0 Å². The Morgan fingerprint density at radius 1 is 1.14 bits per heavy atom. The predicted octanol–water partition coefficient (Wildman–Crippen LogP) is 1.12. The van der Waals surface area contributed by atoms with Gasteiger partial charge in [-0.05, 0) is 18.8 Å². The highest BCUT2D eigenvalue weighted by molar-refractivity contribution is 5.57. The van der Waals surface area contributed by atoms with Crippen LogP contribution in [0, 0.1) is 5.92 Å². The zero-order chi connectivity index (χ0) is 9.80. The maximum absolute atomic E-state index is 10.6. The summed E-state index contributed by atoms with van der Waals surface area (Å²) in [5, 5.41) is 3.38. The molecule has 3 nitrogen and oxygen atoms in total. The smallest absolute Gasteiger partial charge is 0.139 e. The van der Waals surface area contributed by atoms with Crippen LogP contribution >= 0.6 is 0 Å². The van der Waals surface area contributed by atoms with E-state index in [0.717, 1.165) is 18.8 Å². The SMILES string of the molecule is O=CC1COC[C@@H](C2CCCCC2)N1. The van der Waals surface area contributed by atoms with E-state index in [1.54, 1.807) is 0 Å². The molecule has 0 aromatic rings. The van der Waals surface area contributed by atoms with Crippen molar-refractivity contribution in [3.05, 3.63) is 0 Å². The highest BCUT2D eigenvalue weighted by Gasteiger charge is 2.28. The lowest BCUT2D eigenvalue weighted by Gasteiger charge is -2.35. The zero-order valence-electron chi connectivity index (χ0n) is 8.58. The van der Waals surface area contributed by atoms with Gasteiger partial charge in [-0.15, -0.1) is 0 Å². The van der Waals surface area contributed by atoms with Crippen molar-refractivity contribution in [1.82, 2.24) is 5.32 Å². The van der Waals surface area contributed by atoms with Gasteiger partial charge in [0.1, 0.15) is 6.29 Å². The monoisotopic (exact) mass is 197 g/mol. The van der Waals surface area contributed by atoms with Crippen molar-refractivity contribution in [2.75, 3.05) is 13.2 Å². The number of hydrogen-bond acceptors (Lipinski definition) is 3. The molecule has 2 fully saturated rings. The molecule has 14 heavy (non-hydrogen) atoms. The molecule has 1 aliphatic heterocycles. The first-order valence-corrected chi connectivity index (χ1v) is 5.69. The molecule has 1 saturated heterocycles. The van der Waals surface area contributed by atoms with Crippen LogP contribution in [0.15, 0.2) is 0 Å². The third kappa shape index (κ3) is 2.34. The summed E-state index contributed by atoms with van der Waals surface area (Å²) in [4.78, 5) is 10.6. The number of hydrogen-bond donors (Lipinski definition) is 1. The summed E-state index contributed by atoms with van der Waals surface area (Å²) in [6.45, 7) is 1.34. The first-order valence-electron chi connectivity index (χ1n) is 5.69. The fourth-order valence-corrected chi connectivity index (χ4v) is 2.58. The lowest BCUT2D eigenvalue weighted by Crippen LogP contribution is -2.53. The number of rotatable bonds is 2. The van der Waals surface area contributed by atoms with Crippen molar-refractivity contribution in [2.24, 2.45) is 5.92 Å². The predicted molar refractivity (Wildman–Crippen MR) is 54.2 cm³/mol.